The summed E-state index contributed by atoms with van der Waals surface area (Å²) in [6.07, 6.45) is -1.40. The lowest BCUT2D eigenvalue weighted by atomic mass is 10.0. The number of amides is 2. The van der Waals surface area contributed by atoms with Gasteiger partial charge in [0.05, 0.1) is 16.9 Å². The third-order valence-electron chi connectivity index (χ3n) is 5.55. The zero-order valence-electron chi connectivity index (χ0n) is 19.8. The van der Waals surface area contributed by atoms with Gasteiger partial charge >= 0.3 is 12.2 Å². The molecular weight excluding hydrogens is 471 g/mol. The number of aryl methyl sites for hydroxylation is 1. The minimum atomic E-state index is -4.73. The van der Waals surface area contributed by atoms with Crippen LogP contribution in [0.25, 0.3) is 22.3 Å². The van der Waals surface area contributed by atoms with Gasteiger partial charge in [0.25, 0.3) is 0 Å². The first-order valence-corrected chi connectivity index (χ1v) is 11.2. The van der Waals surface area contributed by atoms with Crippen molar-refractivity contribution >= 4 is 34.2 Å². The number of nitrogens with zero attached hydrogens (tertiary/aromatic N) is 2. The minimum absolute atomic E-state index is 0.0829. The van der Waals surface area contributed by atoms with Crippen molar-refractivity contribution in [2.75, 3.05) is 10.6 Å². The summed E-state index contributed by atoms with van der Waals surface area (Å²) in [7, 11) is 0. The van der Waals surface area contributed by atoms with Crippen molar-refractivity contribution in [1.29, 1.82) is 0 Å². The van der Waals surface area contributed by atoms with Gasteiger partial charge in [0.1, 0.15) is 12.0 Å². The Morgan fingerprint density at radius 3 is 2.56 bits per heavy atom. The van der Waals surface area contributed by atoms with Crippen LogP contribution in [0, 0.1) is 12.8 Å². The number of halogens is 3. The predicted molar refractivity (Wildman–Crippen MR) is 132 cm³/mol. The largest absolute Gasteiger partial charge is 0.418 e. The topological polar surface area (TPSA) is 99.8 Å². The van der Waals surface area contributed by atoms with Crippen LogP contribution in [0.15, 0.2) is 55.0 Å². The summed E-state index contributed by atoms with van der Waals surface area (Å²) in [4.78, 5) is 36.1. The van der Waals surface area contributed by atoms with Crippen molar-refractivity contribution in [3.05, 3.63) is 71.7 Å². The summed E-state index contributed by atoms with van der Waals surface area (Å²) in [5.74, 6) is 0.0845. The molecule has 10 heteroatoms. The molecule has 0 aliphatic rings. The number of nitrogens with one attached hydrogen (secondary N) is 3. The number of Topliss-reactive ketones (excluding diaryl/α,β-unsaturated/α-hetero) is 1. The van der Waals surface area contributed by atoms with Gasteiger partial charge in [0, 0.05) is 34.8 Å². The number of urea groups is 1. The highest BCUT2D eigenvalue weighted by atomic mass is 19.4. The van der Waals surface area contributed by atoms with E-state index < -0.39 is 23.5 Å². The summed E-state index contributed by atoms with van der Waals surface area (Å²) in [6.45, 7) is 5.65. The summed E-state index contributed by atoms with van der Waals surface area (Å²) in [6, 6.07) is 9.02. The smallest absolute Gasteiger partial charge is 0.346 e. The normalized spacial score (nSPS) is 11.6. The Morgan fingerprint density at radius 2 is 1.83 bits per heavy atom. The van der Waals surface area contributed by atoms with Gasteiger partial charge in [-0.25, -0.2) is 14.8 Å². The number of anilines is 2. The Hall–Kier alpha value is -4.21. The highest BCUT2D eigenvalue weighted by Gasteiger charge is 2.34. The second kappa shape index (κ2) is 9.80. The number of hydrogen-bond donors (Lipinski definition) is 3. The number of benzene rings is 2. The Labute approximate surface area is 205 Å². The number of H-pyrrole nitrogens is 1. The second-order valence-corrected chi connectivity index (χ2v) is 8.86. The van der Waals surface area contributed by atoms with Crippen LogP contribution in [0.4, 0.5) is 29.3 Å². The maximum Gasteiger partial charge on any atom is 0.418 e. The molecule has 36 heavy (non-hydrogen) atoms. The Bertz CT molecular complexity index is 1440. The predicted octanol–water partition coefficient (Wildman–Crippen LogP) is 6.82. The standard InChI is InChI=1S/C26H24F3N5O2/c1-14(2)9-21(35)16-5-4-6-18(10-16)33-25(36)34-20-8-7-17(11-19(20)26(27,28)29)23-22-15(3)12-30-24(22)32-13-31-23/h4-8,10-14H,9H2,1-3H3,(H,30,31,32)(H2,33,34,36). The molecule has 0 saturated carbocycles. The van der Waals surface area contributed by atoms with Crippen LogP contribution < -0.4 is 10.6 Å². The summed E-state index contributed by atoms with van der Waals surface area (Å²) in [5.41, 5.74) is 1.17. The van der Waals surface area contributed by atoms with Crippen LogP contribution in [-0.4, -0.2) is 26.8 Å². The molecule has 4 aromatic rings. The Morgan fingerprint density at radius 1 is 1.06 bits per heavy atom. The number of carbonyl (C=O) groups excluding carboxylic acids is 2. The first kappa shape index (κ1) is 24.9. The summed E-state index contributed by atoms with van der Waals surface area (Å²) in [5, 5.41) is 5.39. The number of hydrogen-bond acceptors (Lipinski definition) is 4. The van der Waals surface area contributed by atoms with Crippen LogP contribution in [-0.2, 0) is 6.18 Å². The fourth-order valence-corrected chi connectivity index (χ4v) is 3.91. The maximum atomic E-state index is 14.0. The zero-order chi connectivity index (χ0) is 26.0. The Balaban J connectivity index is 1.60. The first-order valence-electron chi connectivity index (χ1n) is 11.2. The number of carbonyl (C=O) groups is 2. The number of fused-ring (bicyclic) bond motifs is 1. The third-order valence-corrected chi connectivity index (χ3v) is 5.55. The van der Waals surface area contributed by atoms with Gasteiger partial charge in [-0.2, -0.15) is 13.2 Å². The second-order valence-electron chi connectivity index (χ2n) is 8.86. The van der Waals surface area contributed by atoms with Crippen LogP contribution >= 0.6 is 0 Å². The molecule has 2 heterocycles. The molecule has 0 saturated heterocycles. The molecule has 2 amide bonds. The fraction of sp³-hybridized carbons (Fsp3) is 0.231. The number of alkyl halides is 3. The van der Waals surface area contributed by atoms with E-state index in [2.05, 4.69) is 25.6 Å². The average molecular weight is 496 g/mol. The van der Waals surface area contributed by atoms with Crippen molar-refractivity contribution in [3.63, 3.8) is 0 Å². The maximum absolute atomic E-state index is 14.0. The molecule has 0 aliphatic carbocycles. The molecule has 0 unspecified atom stereocenters. The van der Waals surface area contributed by atoms with Gasteiger partial charge in [-0.15, -0.1) is 0 Å². The molecule has 0 fully saturated rings. The number of aromatic amines is 1. The van der Waals surface area contributed by atoms with Crippen molar-refractivity contribution in [2.45, 2.75) is 33.4 Å². The van der Waals surface area contributed by atoms with Gasteiger partial charge < -0.3 is 15.6 Å². The van der Waals surface area contributed by atoms with Gasteiger partial charge in [-0.05, 0) is 42.7 Å². The molecule has 7 nitrogen and oxygen atoms in total. The lowest BCUT2D eigenvalue weighted by molar-refractivity contribution is -0.136. The SMILES string of the molecule is Cc1c[nH]c2ncnc(-c3ccc(NC(=O)Nc4cccc(C(=O)CC(C)C)c4)c(C(F)(F)F)c3)c12. The average Bonchev–Trinajstić information content (AvgIpc) is 3.19. The number of aromatic nitrogens is 3. The zero-order valence-corrected chi connectivity index (χ0v) is 19.8. The first-order chi connectivity index (χ1) is 17.0. The van der Waals surface area contributed by atoms with E-state index in [1.165, 1.54) is 24.5 Å². The van der Waals surface area contributed by atoms with Crippen LogP contribution in [0.5, 0.6) is 0 Å². The fourth-order valence-electron chi connectivity index (χ4n) is 3.91. The quantitative estimate of drug-likeness (QED) is 0.255. The van der Waals surface area contributed by atoms with E-state index >= 15 is 0 Å². The lowest BCUT2D eigenvalue weighted by Crippen LogP contribution is -2.22. The molecule has 0 atom stereocenters. The Kier molecular flexibility index (Phi) is 6.78. The van der Waals surface area contributed by atoms with E-state index in [9.17, 15) is 22.8 Å². The number of ketones is 1. The molecule has 0 spiro atoms. The molecule has 2 aromatic carbocycles. The van der Waals surface area contributed by atoms with E-state index in [-0.39, 0.29) is 17.3 Å². The highest BCUT2D eigenvalue weighted by molar-refractivity contribution is 6.02. The van der Waals surface area contributed by atoms with E-state index in [0.29, 0.717) is 34.4 Å². The highest BCUT2D eigenvalue weighted by Crippen LogP contribution is 2.38. The molecule has 0 bridgehead atoms. The van der Waals surface area contributed by atoms with Gasteiger partial charge in [-0.1, -0.05) is 32.0 Å². The van der Waals surface area contributed by atoms with E-state index in [1.807, 2.05) is 20.8 Å². The number of rotatable bonds is 6. The molecule has 2 aromatic heterocycles. The molecule has 0 radical (unpaired) electrons. The molecule has 0 aliphatic heterocycles. The van der Waals surface area contributed by atoms with Crippen LogP contribution in [0.2, 0.25) is 0 Å². The van der Waals surface area contributed by atoms with Gasteiger partial charge in [0.15, 0.2) is 5.78 Å². The molecule has 3 N–H and O–H groups in total. The third kappa shape index (κ3) is 5.37. The van der Waals surface area contributed by atoms with Crippen molar-refractivity contribution in [3.8, 4) is 11.3 Å². The molecular formula is C26H24F3N5O2. The minimum Gasteiger partial charge on any atom is -0.346 e. The molecule has 4 rings (SSSR count). The summed E-state index contributed by atoms with van der Waals surface area (Å²) >= 11 is 0. The van der Waals surface area contributed by atoms with Crippen LogP contribution in [0.1, 0.15) is 41.8 Å². The van der Waals surface area contributed by atoms with E-state index in [4.69, 9.17) is 0 Å². The van der Waals surface area contributed by atoms with Gasteiger partial charge in [0.2, 0.25) is 0 Å². The van der Waals surface area contributed by atoms with Crippen molar-refractivity contribution < 1.29 is 22.8 Å². The molecule has 186 valence electrons. The van der Waals surface area contributed by atoms with Crippen molar-refractivity contribution in [2.24, 2.45) is 5.92 Å². The summed E-state index contributed by atoms with van der Waals surface area (Å²) < 4.78 is 41.9. The van der Waals surface area contributed by atoms with Gasteiger partial charge in [-0.3, -0.25) is 4.79 Å². The van der Waals surface area contributed by atoms with E-state index in [0.717, 1.165) is 11.6 Å². The van der Waals surface area contributed by atoms with E-state index in [1.54, 1.807) is 24.4 Å². The van der Waals surface area contributed by atoms with Crippen molar-refractivity contribution in [1.82, 2.24) is 15.0 Å². The van der Waals surface area contributed by atoms with Crippen LogP contribution in [0.3, 0.4) is 0 Å². The monoisotopic (exact) mass is 495 g/mol. The lowest BCUT2D eigenvalue weighted by Gasteiger charge is -2.16.